The number of carbonyl (C=O) groups is 1. The lowest BCUT2D eigenvalue weighted by atomic mass is 10.2. The molecule has 0 radical (unpaired) electrons. The van der Waals surface area contributed by atoms with Crippen LogP contribution in [0, 0.1) is 6.92 Å². The molecule has 0 aliphatic carbocycles. The molecule has 6 heteroatoms. The van der Waals surface area contributed by atoms with Gasteiger partial charge < -0.3 is 14.5 Å². The quantitative estimate of drug-likeness (QED) is 0.450. The Morgan fingerprint density at radius 2 is 1.73 bits per heavy atom. The van der Waals surface area contributed by atoms with E-state index in [4.69, 9.17) is 9.15 Å². The van der Waals surface area contributed by atoms with Crippen molar-refractivity contribution in [3.63, 3.8) is 0 Å². The summed E-state index contributed by atoms with van der Waals surface area (Å²) in [5, 5.41) is 10.9. The number of aromatic nitrogens is 2. The van der Waals surface area contributed by atoms with E-state index in [1.54, 1.807) is 0 Å². The van der Waals surface area contributed by atoms with Gasteiger partial charge in [-0.15, -0.1) is 10.2 Å². The molecule has 0 aliphatic rings. The standard InChI is InChI=1S/C24H21N3O3/c1-17-6-5-9-21(16-17)29-20-12-10-19(11-13-20)25-22(28)14-15-23-26-27-24(30-23)18-7-3-2-4-8-18/h2-13,16H,14-15H2,1H3,(H,25,28). The van der Waals surface area contributed by atoms with Gasteiger partial charge in [0, 0.05) is 24.1 Å². The van der Waals surface area contributed by atoms with Crippen LogP contribution in [0.15, 0.2) is 83.3 Å². The van der Waals surface area contributed by atoms with Crippen molar-refractivity contribution >= 4 is 11.6 Å². The van der Waals surface area contributed by atoms with Crippen LogP contribution in [0.3, 0.4) is 0 Å². The first-order chi connectivity index (χ1) is 14.7. The van der Waals surface area contributed by atoms with Crippen molar-refractivity contribution in [1.82, 2.24) is 10.2 Å². The molecule has 0 saturated heterocycles. The summed E-state index contributed by atoms with van der Waals surface area (Å²) in [5.74, 6) is 2.25. The van der Waals surface area contributed by atoms with Gasteiger partial charge in [-0.05, 0) is 61.0 Å². The summed E-state index contributed by atoms with van der Waals surface area (Å²) in [5.41, 5.74) is 2.69. The number of benzene rings is 3. The summed E-state index contributed by atoms with van der Waals surface area (Å²) in [4.78, 5) is 12.2. The fourth-order valence-electron chi connectivity index (χ4n) is 2.92. The Balaban J connectivity index is 1.28. The summed E-state index contributed by atoms with van der Waals surface area (Å²) >= 11 is 0. The maximum Gasteiger partial charge on any atom is 0.247 e. The van der Waals surface area contributed by atoms with E-state index >= 15 is 0 Å². The zero-order valence-corrected chi connectivity index (χ0v) is 16.5. The van der Waals surface area contributed by atoms with Crippen LogP contribution in [0.1, 0.15) is 17.9 Å². The highest BCUT2D eigenvalue weighted by atomic mass is 16.5. The number of nitrogens with one attached hydrogen (secondary N) is 1. The van der Waals surface area contributed by atoms with Gasteiger partial charge in [0.15, 0.2) is 0 Å². The molecule has 3 aromatic carbocycles. The van der Waals surface area contributed by atoms with Crippen LogP contribution < -0.4 is 10.1 Å². The first kappa shape index (κ1) is 19.4. The number of ether oxygens (including phenoxy) is 1. The summed E-state index contributed by atoms with van der Waals surface area (Å²) < 4.78 is 11.5. The van der Waals surface area contributed by atoms with Crippen LogP contribution in [0.4, 0.5) is 5.69 Å². The van der Waals surface area contributed by atoms with Gasteiger partial charge in [0.25, 0.3) is 0 Å². The largest absolute Gasteiger partial charge is 0.457 e. The second-order valence-electron chi connectivity index (χ2n) is 6.86. The highest BCUT2D eigenvalue weighted by Crippen LogP contribution is 2.24. The molecule has 4 rings (SSSR count). The highest BCUT2D eigenvalue weighted by molar-refractivity contribution is 5.90. The zero-order valence-electron chi connectivity index (χ0n) is 16.5. The third-order valence-electron chi connectivity index (χ3n) is 4.42. The van der Waals surface area contributed by atoms with Gasteiger partial charge in [0.1, 0.15) is 11.5 Å². The third-order valence-corrected chi connectivity index (χ3v) is 4.42. The average molecular weight is 399 g/mol. The minimum atomic E-state index is -0.123. The summed E-state index contributed by atoms with van der Waals surface area (Å²) in [6.07, 6.45) is 0.623. The molecule has 6 nitrogen and oxygen atoms in total. The topological polar surface area (TPSA) is 77.2 Å². The van der Waals surface area contributed by atoms with E-state index in [0.29, 0.717) is 29.6 Å². The monoisotopic (exact) mass is 399 g/mol. The Morgan fingerprint density at radius 1 is 0.933 bits per heavy atom. The molecule has 1 heterocycles. The minimum absolute atomic E-state index is 0.123. The molecule has 150 valence electrons. The van der Waals surface area contributed by atoms with Gasteiger partial charge in [-0.2, -0.15) is 0 Å². The molecular weight excluding hydrogens is 378 g/mol. The Morgan fingerprint density at radius 3 is 2.50 bits per heavy atom. The minimum Gasteiger partial charge on any atom is -0.457 e. The molecular formula is C24H21N3O3. The van der Waals surface area contributed by atoms with Crippen molar-refractivity contribution in [2.45, 2.75) is 19.8 Å². The van der Waals surface area contributed by atoms with Gasteiger partial charge >= 0.3 is 0 Å². The predicted octanol–water partition coefficient (Wildman–Crippen LogP) is 5.41. The summed E-state index contributed by atoms with van der Waals surface area (Å²) in [6, 6.07) is 24.6. The lowest BCUT2D eigenvalue weighted by molar-refractivity contribution is -0.116. The van der Waals surface area contributed by atoms with Gasteiger partial charge in [-0.25, -0.2) is 0 Å². The number of anilines is 1. The van der Waals surface area contributed by atoms with Crippen LogP contribution in [0.2, 0.25) is 0 Å². The Hall–Kier alpha value is -3.93. The normalized spacial score (nSPS) is 10.6. The third kappa shape index (κ3) is 5.11. The van der Waals surface area contributed by atoms with Crippen molar-refractivity contribution in [3.05, 3.63) is 90.3 Å². The van der Waals surface area contributed by atoms with E-state index in [2.05, 4.69) is 15.5 Å². The van der Waals surface area contributed by atoms with Crippen LogP contribution in [-0.4, -0.2) is 16.1 Å². The molecule has 1 aromatic heterocycles. The molecule has 1 amide bonds. The molecule has 0 unspecified atom stereocenters. The second-order valence-corrected chi connectivity index (χ2v) is 6.86. The number of hydrogen-bond donors (Lipinski definition) is 1. The maximum absolute atomic E-state index is 12.2. The lowest BCUT2D eigenvalue weighted by Crippen LogP contribution is -2.12. The summed E-state index contributed by atoms with van der Waals surface area (Å²) in [6.45, 7) is 2.02. The van der Waals surface area contributed by atoms with Gasteiger partial charge in [-0.1, -0.05) is 30.3 Å². The first-order valence-corrected chi connectivity index (χ1v) is 9.68. The van der Waals surface area contributed by atoms with Gasteiger partial charge in [0.2, 0.25) is 17.7 Å². The molecule has 4 aromatic rings. The lowest BCUT2D eigenvalue weighted by Gasteiger charge is -2.08. The van der Waals surface area contributed by atoms with Crippen LogP contribution in [-0.2, 0) is 11.2 Å². The van der Waals surface area contributed by atoms with E-state index in [9.17, 15) is 4.79 Å². The Kier molecular flexibility index (Phi) is 5.85. The molecule has 0 atom stereocenters. The molecule has 0 spiro atoms. The molecule has 30 heavy (non-hydrogen) atoms. The number of nitrogens with zero attached hydrogens (tertiary/aromatic N) is 2. The van der Waals surface area contributed by atoms with Crippen LogP contribution in [0.5, 0.6) is 11.5 Å². The first-order valence-electron chi connectivity index (χ1n) is 9.68. The number of hydrogen-bond acceptors (Lipinski definition) is 5. The fraction of sp³-hybridized carbons (Fsp3) is 0.125. The van der Waals surface area contributed by atoms with E-state index in [1.807, 2.05) is 85.8 Å². The highest BCUT2D eigenvalue weighted by Gasteiger charge is 2.10. The Bertz CT molecular complexity index is 1120. The van der Waals surface area contributed by atoms with E-state index < -0.39 is 0 Å². The number of amides is 1. The van der Waals surface area contributed by atoms with Crippen molar-refractivity contribution in [1.29, 1.82) is 0 Å². The van der Waals surface area contributed by atoms with Crippen molar-refractivity contribution < 1.29 is 13.9 Å². The molecule has 1 N–H and O–H groups in total. The van der Waals surface area contributed by atoms with Gasteiger partial charge in [-0.3, -0.25) is 4.79 Å². The van der Waals surface area contributed by atoms with E-state index in [0.717, 1.165) is 16.9 Å². The van der Waals surface area contributed by atoms with Gasteiger partial charge in [0.05, 0.1) is 0 Å². The molecule has 0 fully saturated rings. The smallest absolute Gasteiger partial charge is 0.247 e. The second kappa shape index (κ2) is 9.05. The zero-order chi connectivity index (χ0) is 20.8. The van der Waals surface area contributed by atoms with Crippen molar-refractivity contribution in [2.75, 3.05) is 5.32 Å². The average Bonchev–Trinajstić information content (AvgIpc) is 3.24. The van der Waals surface area contributed by atoms with Crippen molar-refractivity contribution in [3.8, 4) is 23.0 Å². The van der Waals surface area contributed by atoms with Crippen molar-refractivity contribution in [2.24, 2.45) is 0 Å². The van der Waals surface area contributed by atoms with E-state index in [1.165, 1.54) is 0 Å². The molecule has 0 bridgehead atoms. The summed E-state index contributed by atoms with van der Waals surface area (Å²) in [7, 11) is 0. The maximum atomic E-state index is 12.2. The number of rotatable bonds is 7. The Labute approximate surface area is 174 Å². The molecule has 0 aliphatic heterocycles. The van der Waals surface area contributed by atoms with Crippen LogP contribution in [0.25, 0.3) is 11.5 Å². The number of carbonyl (C=O) groups excluding carboxylic acids is 1. The van der Waals surface area contributed by atoms with Crippen LogP contribution >= 0.6 is 0 Å². The number of aryl methyl sites for hydroxylation is 2. The SMILES string of the molecule is Cc1cccc(Oc2ccc(NC(=O)CCc3nnc(-c4ccccc4)o3)cc2)c1. The fourth-order valence-corrected chi connectivity index (χ4v) is 2.92. The predicted molar refractivity (Wildman–Crippen MR) is 114 cm³/mol. The molecule has 0 saturated carbocycles. The van der Waals surface area contributed by atoms with E-state index in [-0.39, 0.29) is 12.3 Å².